The maximum Gasteiger partial charge on any atom is 0.225 e. The van der Waals surface area contributed by atoms with E-state index in [0.717, 1.165) is 34.4 Å². The van der Waals surface area contributed by atoms with Crippen LogP contribution in [0.5, 0.6) is 0 Å². The van der Waals surface area contributed by atoms with E-state index in [1.165, 1.54) is 0 Å². The molecule has 3 heterocycles. The monoisotopic (exact) mass is 399 g/mol. The molecule has 0 aliphatic heterocycles. The molecule has 3 rings (SSSR count). The highest BCUT2D eigenvalue weighted by Gasteiger charge is 2.18. The van der Waals surface area contributed by atoms with Gasteiger partial charge in [-0.3, -0.25) is 4.68 Å². The van der Waals surface area contributed by atoms with E-state index in [2.05, 4.69) is 30.7 Å². The maximum atomic E-state index is 9.38. The van der Waals surface area contributed by atoms with Crippen molar-refractivity contribution in [2.24, 2.45) is 0 Å². The number of rotatable bonds is 9. The van der Waals surface area contributed by atoms with Crippen LogP contribution >= 0.6 is 0 Å². The van der Waals surface area contributed by atoms with E-state index in [-0.39, 0.29) is 12.6 Å². The van der Waals surface area contributed by atoms with Gasteiger partial charge in [-0.15, -0.1) is 0 Å². The van der Waals surface area contributed by atoms with Crippen molar-refractivity contribution in [3.05, 3.63) is 29.1 Å². The van der Waals surface area contributed by atoms with Crippen LogP contribution in [-0.2, 0) is 11.3 Å². The molecule has 1 unspecified atom stereocenters. The van der Waals surface area contributed by atoms with Crippen LogP contribution in [0.4, 0.5) is 17.6 Å². The zero-order valence-corrected chi connectivity index (χ0v) is 17.7. The number of hydrogen-bond acceptors (Lipinski definition) is 8. The van der Waals surface area contributed by atoms with Crippen molar-refractivity contribution >= 4 is 28.6 Å². The Bertz CT molecular complexity index is 966. The van der Waals surface area contributed by atoms with Crippen LogP contribution in [0.2, 0.25) is 0 Å². The molecule has 0 amide bonds. The van der Waals surface area contributed by atoms with E-state index >= 15 is 0 Å². The topological polar surface area (TPSA) is 110 Å². The number of aliphatic hydroxyl groups excluding tert-OH is 1. The molecule has 0 aliphatic rings. The van der Waals surface area contributed by atoms with Crippen LogP contribution in [0.3, 0.4) is 0 Å². The molecule has 3 aromatic heterocycles. The summed E-state index contributed by atoms with van der Waals surface area (Å²) in [5.41, 5.74) is 4.44. The molecule has 156 valence electrons. The minimum absolute atomic E-state index is 0.0158. The molecule has 3 aromatic rings. The molecule has 0 aromatic carbocycles. The normalized spacial score (nSPS) is 12.3. The Hall–Kier alpha value is -2.78. The van der Waals surface area contributed by atoms with E-state index in [9.17, 15) is 5.11 Å². The first-order valence-corrected chi connectivity index (χ1v) is 9.75. The molecular weight excluding hydrogens is 370 g/mol. The number of ether oxygens (including phenoxy) is 1. The van der Waals surface area contributed by atoms with Gasteiger partial charge in [0.15, 0.2) is 5.82 Å². The molecule has 0 aliphatic carbocycles. The van der Waals surface area contributed by atoms with Crippen molar-refractivity contribution in [2.75, 3.05) is 31.0 Å². The molecule has 9 nitrogen and oxygen atoms in total. The summed E-state index contributed by atoms with van der Waals surface area (Å²) in [4.78, 5) is 13.9. The quantitative estimate of drug-likeness (QED) is 0.471. The Morgan fingerprint density at radius 3 is 2.66 bits per heavy atom. The molecule has 0 fully saturated rings. The van der Waals surface area contributed by atoms with Crippen LogP contribution in [0, 0.1) is 20.8 Å². The van der Waals surface area contributed by atoms with Gasteiger partial charge in [-0.1, -0.05) is 0 Å². The third-order valence-electron chi connectivity index (χ3n) is 4.47. The average Bonchev–Trinajstić information content (AvgIpc) is 2.97. The van der Waals surface area contributed by atoms with E-state index in [1.807, 2.05) is 44.5 Å². The van der Waals surface area contributed by atoms with Gasteiger partial charge in [-0.25, -0.2) is 9.97 Å². The first kappa shape index (κ1) is 20.9. The van der Waals surface area contributed by atoms with Crippen LogP contribution in [0.1, 0.15) is 30.3 Å². The number of methoxy groups -OCH3 is 1. The largest absolute Gasteiger partial charge is 0.394 e. The number of aliphatic hydroxyl groups is 1. The summed E-state index contributed by atoms with van der Waals surface area (Å²) in [5.74, 6) is 1.77. The summed E-state index contributed by atoms with van der Waals surface area (Å²) in [6.07, 6.45) is 0.829. The van der Waals surface area contributed by atoms with Gasteiger partial charge in [-0.2, -0.15) is 10.1 Å². The van der Waals surface area contributed by atoms with Gasteiger partial charge < -0.3 is 20.5 Å². The van der Waals surface area contributed by atoms with Crippen LogP contribution in [0.15, 0.2) is 12.1 Å². The average molecular weight is 399 g/mol. The maximum absolute atomic E-state index is 9.38. The summed E-state index contributed by atoms with van der Waals surface area (Å²) in [7, 11) is 1.69. The molecule has 0 saturated carbocycles. The second-order valence-electron chi connectivity index (χ2n) is 7.27. The van der Waals surface area contributed by atoms with Crippen molar-refractivity contribution in [2.45, 2.75) is 46.7 Å². The number of nitrogens with zero attached hydrogens (tertiary/aromatic N) is 5. The fourth-order valence-corrected chi connectivity index (χ4v) is 3.19. The second kappa shape index (κ2) is 9.15. The van der Waals surface area contributed by atoms with Gasteiger partial charge in [0.05, 0.1) is 12.3 Å². The number of pyridine rings is 1. The summed E-state index contributed by atoms with van der Waals surface area (Å²) < 4.78 is 7.09. The van der Waals surface area contributed by atoms with E-state index in [4.69, 9.17) is 4.74 Å². The fraction of sp³-hybridized carbons (Fsp3) is 0.500. The van der Waals surface area contributed by atoms with Gasteiger partial charge in [0.1, 0.15) is 16.9 Å². The Morgan fingerprint density at radius 2 is 1.97 bits per heavy atom. The van der Waals surface area contributed by atoms with Gasteiger partial charge >= 0.3 is 0 Å². The van der Waals surface area contributed by atoms with Crippen molar-refractivity contribution in [3.8, 4) is 0 Å². The lowest BCUT2D eigenvalue weighted by molar-refractivity contribution is 0.189. The Balaban J connectivity index is 2.08. The minimum Gasteiger partial charge on any atom is -0.394 e. The van der Waals surface area contributed by atoms with E-state index in [0.29, 0.717) is 30.7 Å². The number of aromatic nitrogens is 5. The van der Waals surface area contributed by atoms with Gasteiger partial charge in [-0.05, 0) is 51.8 Å². The number of hydrogen-bond donors (Lipinski definition) is 3. The number of nitrogens with one attached hydrogen (secondary N) is 2. The third kappa shape index (κ3) is 4.99. The lowest BCUT2D eigenvalue weighted by Crippen LogP contribution is -2.21. The van der Waals surface area contributed by atoms with E-state index in [1.54, 1.807) is 7.11 Å². The van der Waals surface area contributed by atoms with Crippen LogP contribution in [0.25, 0.3) is 11.0 Å². The van der Waals surface area contributed by atoms with Gasteiger partial charge in [0, 0.05) is 32.0 Å². The van der Waals surface area contributed by atoms with Gasteiger partial charge in [0.25, 0.3) is 0 Å². The van der Waals surface area contributed by atoms with Crippen molar-refractivity contribution in [1.82, 2.24) is 24.7 Å². The zero-order chi connectivity index (χ0) is 21.0. The molecule has 1 atom stereocenters. The zero-order valence-electron chi connectivity index (χ0n) is 17.7. The molecule has 0 bridgehead atoms. The summed E-state index contributed by atoms with van der Waals surface area (Å²) >= 11 is 0. The highest BCUT2D eigenvalue weighted by atomic mass is 16.5. The molecule has 0 radical (unpaired) electrons. The van der Waals surface area contributed by atoms with Crippen molar-refractivity contribution in [1.29, 1.82) is 0 Å². The standard InChI is InChI=1S/C20H29N7O2/c1-12-9-13(2)21-16(10-12)23-19-18-17(24-20(25-19)22-14(3)11-28)15(4)26-27(18)7-6-8-29-5/h9-10,14,28H,6-8,11H2,1-5H3,(H2,21,22,23,24,25). The summed E-state index contributed by atoms with van der Waals surface area (Å²) in [5, 5.41) is 20.5. The molecule has 0 saturated heterocycles. The first-order valence-electron chi connectivity index (χ1n) is 9.75. The molecule has 0 spiro atoms. The van der Waals surface area contributed by atoms with Crippen molar-refractivity contribution in [3.63, 3.8) is 0 Å². The Labute approximate surface area is 170 Å². The Kier molecular flexibility index (Phi) is 6.60. The Morgan fingerprint density at radius 1 is 1.17 bits per heavy atom. The molecule has 29 heavy (non-hydrogen) atoms. The molecular formula is C20H29N7O2. The highest BCUT2D eigenvalue weighted by Crippen LogP contribution is 2.27. The lowest BCUT2D eigenvalue weighted by atomic mass is 10.2. The predicted molar refractivity (Wildman–Crippen MR) is 114 cm³/mol. The smallest absolute Gasteiger partial charge is 0.225 e. The number of fused-ring (bicyclic) bond motifs is 1. The molecule has 9 heteroatoms. The minimum atomic E-state index is -0.170. The lowest BCUT2D eigenvalue weighted by Gasteiger charge is -2.14. The van der Waals surface area contributed by atoms with Crippen LogP contribution in [-0.4, -0.2) is 56.2 Å². The number of anilines is 3. The van der Waals surface area contributed by atoms with Crippen molar-refractivity contribution < 1.29 is 9.84 Å². The molecule has 3 N–H and O–H groups in total. The first-order chi connectivity index (χ1) is 13.9. The predicted octanol–water partition coefficient (Wildman–Crippen LogP) is 2.72. The number of aryl methyl sites for hydroxylation is 4. The van der Waals surface area contributed by atoms with Crippen LogP contribution < -0.4 is 10.6 Å². The summed E-state index contributed by atoms with van der Waals surface area (Å²) in [6, 6.07) is 3.83. The fourth-order valence-electron chi connectivity index (χ4n) is 3.19. The summed E-state index contributed by atoms with van der Waals surface area (Å²) in [6.45, 7) is 9.12. The van der Waals surface area contributed by atoms with E-state index < -0.39 is 0 Å². The van der Waals surface area contributed by atoms with Gasteiger partial charge in [0.2, 0.25) is 5.95 Å². The second-order valence-corrected chi connectivity index (χ2v) is 7.27. The third-order valence-corrected chi connectivity index (χ3v) is 4.47. The highest BCUT2D eigenvalue weighted by molar-refractivity contribution is 5.90. The SMILES string of the molecule is COCCCn1nc(C)c2nc(NC(C)CO)nc(Nc3cc(C)cc(C)n3)c21.